The van der Waals surface area contributed by atoms with E-state index >= 15 is 0 Å². The van der Waals surface area contributed by atoms with Crippen LogP contribution in [0, 0.1) is 19.8 Å². The molecule has 1 aromatic carbocycles. The van der Waals surface area contributed by atoms with Crippen LogP contribution in [0.15, 0.2) is 23.1 Å². The van der Waals surface area contributed by atoms with Crippen LogP contribution < -0.4 is 5.73 Å². The molecule has 0 heterocycles. The normalized spacial score (nSPS) is 24.9. The van der Waals surface area contributed by atoms with Gasteiger partial charge in [0.15, 0.2) is 0 Å². The molecule has 0 saturated heterocycles. The Hall–Kier alpha value is -0.470. The van der Waals surface area contributed by atoms with Crippen LogP contribution in [0.5, 0.6) is 0 Å². The summed E-state index contributed by atoms with van der Waals surface area (Å²) in [7, 11) is 0. The zero-order valence-electron chi connectivity index (χ0n) is 10.2. The fraction of sp³-hybridized carbons (Fsp3) is 0.571. The average molecular weight is 235 g/mol. The summed E-state index contributed by atoms with van der Waals surface area (Å²) in [4.78, 5) is 1.44. The summed E-state index contributed by atoms with van der Waals surface area (Å²) in [6, 6.07) is 6.75. The van der Waals surface area contributed by atoms with E-state index < -0.39 is 0 Å². The van der Waals surface area contributed by atoms with Gasteiger partial charge in [0.05, 0.1) is 0 Å². The van der Waals surface area contributed by atoms with Gasteiger partial charge in [-0.3, -0.25) is 0 Å². The highest BCUT2D eigenvalue weighted by Crippen LogP contribution is 2.39. The van der Waals surface area contributed by atoms with E-state index in [1.165, 1.54) is 35.3 Å². The van der Waals surface area contributed by atoms with Gasteiger partial charge < -0.3 is 5.73 Å². The molecule has 2 rings (SSSR count). The highest BCUT2D eigenvalue weighted by Gasteiger charge is 2.27. The molecule has 1 aliphatic carbocycles. The van der Waals surface area contributed by atoms with Crippen LogP contribution in [0.3, 0.4) is 0 Å². The Morgan fingerprint density at radius 1 is 1.31 bits per heavy atom. The minimum atomic E-state index is 0.728. The van der Waals surface area contributed by atoms with Gasteiger partial charge in [-0.15, -0.1) is 11.8 Å². The van der Waals surface area contributed by atoms with Crippen LogP contribution in [0.25, 0.3) is 0 Å². The van der Waals surface area contributed by atoms with E-state index in [9.17, 15) is 0 Å². The third-order valence-electron chi connectivity index (χ3n) is 3.50. The second-order valence-electron chi connectivity index (χ2n) is 4.85. The van der Waals surface area contributed by atoms with Gasteiger partial charge in [0.1, 0.15) is 0 Å². The van der Waals surface area contributed by atoms with Crippen LogP contribution in [-0.4, -0.2) is 11.8 Å². The molecule has 2 unspecified atom stereocenters. The number of aryl methyl sites for hydroxylation is 2. The predicted molar refractivity (Wildman–Crippen MR) is 72.0 cm³/mol. The van der Waals surface area contributed by atoms with Crippen LogP contribution >= 0.6 is 11.8 Å². The monoisotopic (exact) mass is 235 g/mol. The summed E-state index contributed by atoms with van der Waals surface area (Å²) in [6.45, 7) is 5.21. The van der Waals surface area contributed by atoms with Crippen molar-refractivity contribution in [1.82, 2.24) is 0 Å². The minimum Gasteiger partial charge on any atom is -0.330 e. The molecular weight excluding hydrogens is 214 g/mol. The smallest absolute Gasteiger partial charge is 0.0135 e. The van der Waals surface area contributed by atoms with E-state index in [1.807, 2.05) is 11.8 Å². The van der Waals surface area contributed by atoms with Gasteiger partial charge in [-0.2, -0.15) is 0 Å². The first kappa shape index (κ1) is 12.0. The molecule has 1 nitrogen and oxygen atoms in total. The van der Waals surface area contributed by atoms with Crippen molar-refractivity contribution >= 4 is 11.8 Å². The summed E-state index contributed by atoms with van der Waals surface area (Å²) >= 11 is 2.04. The van der Waals surface area contributed by atoms with Crippen molar-refractivity contribution in [3.05, 3.63) is 29.3 Å². The lowest BCUT2D eigenvalue weighted by molar-refractivity contribution is 0.573. The van der Waals surface area contributed by atoms with Crippen LogP contribution in [-0.2, 0) is 0 Å². The number of hydrogen-bond donors (Lipinski definition) is 1. The van der Waals surface area contributed by atoms with Gasteiger partial charge in [0.2, 0.25) is 0 Å². The van der Waals surface area contributed by atoms with E-state index in [1.54, 1.807) is 0 Å². The topological polar surface area (TPSA) is 26.0 Å². The van der Waals surface area contributed by atoms with E-state index in [0.717, 1.165) is 17.7 Å². The molecule has 88 valence electrons. The molecular formula is C14H21NS. The van der Waals surface area contributed by atoms with Crippen molar-refractivity contribution in [2.45, 2.75) is 43.3 Å². The maximum absolute atomic E-state index is 5.83. The summed E-state index contributed by atoms with van der Waals surface area (Å²) < 4.78 is 0. The molecule has 0 aromatic heterocycles. The van der Waals surface area contributed by atoms with Crippen LogP contribution in [0.2, 0.25) is 0 Å². The number of hydrogen-bond acceptors (Lipinski definition) is 2. The van der Waals surface area contributed by atoms with Gasteiger partial charge in [0.25, 0.3) is 0 Å². The molecule has 0 radical (unpaired) electrons. The molecule has 1 aliphatic rings. The van der Waals surface area contributed by atoms with Gasteiger partial charge >= 0.3 is 0 Å². The first-order valence-corrected chi connectivity index (χ1v) is 7.02. The maximum atomic E-state index is 5.83. The lowest BCUT2D eigenvalue weighted by Gasteiger charge is -2.18. The fourth-order valence-electron chi connectivity index (χ4n) is 2.52. The highest BCUT2D eigenvalue weighted by molar-refractivity contribution is 8.00. The second kappa shape index (κ2) is 5.24. The Balaban J connectivity index is 2.08. The molecule has 0 bridgehead atoms. The Bertz CT molecular complexity index is 362. The average Bonchev–Trinajstić information content (AvgIpc) is 2.69. The highest BCUT2D eigenvalue weighted by atomic mass is 32.2. The van der Waals surface area contributed by atoms with E-state index in [0.29, 0.717) is 0 Å². The van der Waals surface area contributed by atoms with Gasteiger partial charge in [-0.05, 0) is 50.8 Å². The van der Waals surface area contributed by atoms with E-state index in [4.69, 9.17) is 5.73 Å². The van der Waals surface area contributed by atoms with Gasteiger partial charge in [0, 0.05) is 10.1 Å². The number of nitrogens with two attached hydrogens (primary N) is 1. The molecule has 0 spiro atoms. The van der Waals surface area contributed by atoms with Crippen molar-refractivity contribution in [3.63, 3.8) is 0 Å². The lowest BCUT2D eigenvalue weighted by atomic mass is 10.1. The third kappa shape index (κ3) is 2.61. The molecule has 2 heteroatoms. The van der Waals surface area contributed by atoms with Crippen molar-refractivity contribution in [3.8, 4) is 0 Å². The second-order valence-corrected chi connectivity index (χ2v) is 6.13. The molecule has 2 atom stereocenters. The van der Waals surface area contributed by atoms with Gasteiger partial charge in [-0.25, -0.2) is 0 Å². The van der Waals surface area contributed by atoms with Crippen LogP contribution in [0.1, 0.15) is 30.4 Å². The van der Waals surface area contributed by atoms with E-state index in [2.05, 4.69) is 32.0 Å². The van der Waals surface area contributed by atoms with Crippen molar-refractivity contribution in [2.75, 3.05) is 6.54 Å². The summed E-state index contributed by atoms with van der Waals surface area (Å²) in [5.41, 5.74) is 8.59. The SMILES string of the molecule is Cc1ccc(SC2CCCC2CN)c(C)c1. The lowest BCUT2D eigenvalue weighted by Crippen LogP contribution is -2.20. The van der Waals surface area contributed by atoms with Crippen molar-refractivity contribution in [1.29, 1.82) is 0 Å². The predicted octanol–water partition coefficient (Wildman–Crippen LogP) is 3.52. The van der Waals surface area contributed by atoms with Gasteiger partial charge in [-0.1, -0.05) is 24.1 Å². The standard InChI is InChI=1S/C14H21NS/c1-10-6-7-13(11(2)8-10)16-14-5-3-4-12(14)9-15/h6-8,12,14H,3-5,9,15H2,1-2H3. The first-order valence-electron chi connectivity index (χ1n) is 6.14. The Morgan fingerprint density at radius 3 is 2.81 bits per heavy atom. The number of thioether (sulfide) groups is 1. The third-order valence-corrected chi connectivity index (χ3v) is 5.14. The summed E-state index contributed by atoms with van der Waals surface area (Å²) in [5.74, 6) is 0.728. The number of rotatable bonds is 3. The molecule has 1 saturated carbocycles. The molecule has 2 N–H and O–H groups in total. The number of benzene rings is 1. The largest absolute Gasteiger partial charge is 0.330 e. The zero-order valence-corrected chi connectivity index (χ0v) is 11.0. The van der Waals surface area contributed by atoms with Crippen molar-refractivity contribution in [2.24, 2.45) is 11.7 Å². The molecule has 1 aromatic rings. The summed E-state index contributed by atoms with van der Waals surface area (Å²) in [6.07, 6.45) is 4.00. The van der Waals surface area contributed by atoms with Crippen molar-refractivity contribution < 1.29 is 0 Å². The fourth-order valence-corrected chi connectivity index (χ4v) is 3.96. The minimum absolute atomic E-state index is 0.728. The molecule has 0 amide bonds. The zero-order chi connectivity index (χ0) is 11.5. The summed E-state index contributed by atoms with van der Waals surface area (Å²) in [5, 5.41) is 0.742. The van der Waals surface area contributed by atoms with Crippen LogP contribution in [0.4, 0.5) is 0 Å². The Kier molecular flexibility index (Phi) is 3.93. The Labute approximate surface area is 103 Å². The van der Waals surface area contributed by atoms with E-state index in [-0.39, 0.29) is 0 Å². The molecule has 1 fully saturated rings. The maximum Gasteiger partial charge on any atom is 0.0135 e. The molecule has 16 heavy (non-hydrogen) atoms. The quantitative estimate of drug-likeness (QED) is 0.867. The molecule has 0 aliphatic heterocycles. The Morgan fingerprint density at radius 2 is 2.12 bits per heavy atom. The first-order chi connectivity index (χ1) is 7.70.